The standard InChI is InChI=1S/C14H16N2O3/c17-11-3-1-2-10(6-11)13(19)16-5-4-14(9-16)7-12(18)15-8-14/h1-3,6,17H,4-5,7-9H2,(H,15,18). The minimum absolute atomic E-state index is 0.0756. The predicted molar refractivity (Wildman–Crippen MR) is 68.7 cm³/mol. The number of likely N-dealkylation sites (tertiary alicyclic amines) is 1. The van der Waals surface area contributed by atoms with Crippen molar-refractivity contribution >= 4 is 11.8 Å². The largest absolute Gasteiger partial charge is 0.508 e. The van der Waals surface area contributed by atoms with Gasteiger partial charge in [0.25, 0.3) is 5.91 Å². The monoisotopic (exact) mass is 260 g/mol. The summed E-state index contributed by atoms with van der Waals surface area (Å²) in [5.74, 6) is 0.0937. The van der Waals surface area contributed by atoms with Gasteiger partial charge in [0.2, 0.25) is 5.91 Å². The van der Waals surface area contributed by atoms with Crippen LogP contribution in [0.25, 0.3) is 0 Å². The molecule has 3 rings (SSSR count). The zero-order chi connectivity index (χ0) is 13.5. The van der Waals surface area contributed by atoms with Crippen LogP contribution in [0.4, 0.5) is 0 Å². The van der Waals surface area contributed by atoms with E-state index in [1.807, 2.05) is 0 Å². The molecule has 1 aromatic rings. The zero-order valence-electron chi connectivity index (χ0n) is 10.6. The maximum Gasteiger partial charge on any atom is 0.254 e. The van der Waals surface area contributed by atoms with Crippen LogP contribution >= 0.6 is 0 Å². The summed E-state index contributed by atoms with van der Waals surface area (Å²) in [6.45, 7) is 1.94. The van der Waals surface area contributed by atoms with Gasteiger partial charge in [-0.05, 0) is 24.6 Å². The highest BCUT2D eigenvalue weighted by molar-refractivity contribution is 5.95. The number of carbonyl (C=O) groups excluding carboxylic acids is 2. The van der Waals surface area contributed by atoms with Crippen LogP contribution in [0.3, 0.4) is 0 Å². The van der Waals surface area contributed by atoms with Crippen molar-refractivity contribution in [3.05, 3.63) is 29.8 Å². The third-order valence-electron chi connectivity index (χ3n) is 4.01. The predicted octanol–water partition coefficient (Wildman–Crippen LogP) is 0.744. The summed E-state index contributed by atoms with van der Waals surface area (Å²) in [6, 6.07) is 6.38. The van der Waals surface area contributed by atoms with E-state index in [0.29, 0.717) is 31.6 Å². The van der Waals surface area contributed by atoms with Crippen LogP contribution in [0.5, 0.6) is 5.75 Å². The molecule has 2 aliphatic heterocycles. The summed E-state index contributed by atoms with van der Waals surface area (Å²) in [7, 11) is 0. The Hall–Kier alpha value is -2.04. The van der Waals surface area contributed by atoms with Gasteiger partial charge in [0.1, 0.15) is 5.75 Å². The van der Waals surface area contributed by atoms with Gasteiger partial charge in [0.15, 0.2) is 0 Å². The molecule has 2 fully saturated rings. The van der Waals surface area contributed by atoms with Crippen LogP contribution in [-0.2, 0) is 4.79 Å². The first-order valence-electron chi connectivity index (χ1n) is 6.43. The summed E-state index contributed by atoms with van der Waals surface area (Å²) in [5.41, 5.74) is 0.415. The molecule has 19 heavy (non-hydrogen) atoms. The van der Waals surface area contributed by atoms with Crippen molar-refractivity contribution in [2.45, 2.75) is 12.8 Å². The lowest BCUT2D eigenvalue weighted by molar-refractivity contribution is -0.119. The summed E-state index contributed by atoms with van der Waals surface area (Å²) in [4.78, 5) is 25.5. The number of rotatable bonds is 1. The van der Waals surface area contributed by atoms with Crippen molar-refractivity contribution in [3.8, 4) is 5.75 Å². The highest BCUT2D eigenvalue weighted by Gasteiger charge is 2.45. The van der Waals surface area contributed by atoms with Crippen LogP contribution in [-0.4, -0.2) is 41.5 Å². The van der Waals surface area contributed by atoms with E-state index in [2.05, 4.69) is 5.32 Å². The summed E-state index contributed by atoms with van der Waals surface area (Å²) < 4.78 is 0. The summed E-state index contributed by atoms with van der Waals surface area (Å²) in [6.07, 6.45) is 1.37. The number of phenols is 1. The zero-order valence-corrected chi connectivity index (χ0v) is 10.6. The minimum atomic E-state index is -0.0798. The van der Waals surface area contributed by atoms with Gasteiger partial charge in [-0.25, -0.2) is 0 Å². The second kappa shape index (κ2) is 4.26. The molecule has 1 spiro atoms. The molecular formula is C14H16N2O3. The number of nitrogens with one attached hydrogen (secondary N) is 1. The molecule has 0 radical (unpaired) electrons. The van der Waals surface area contributed by atoms with Crippen LogP contribution in [0.1, 0.15) is 23.2 Å². The van der Waals surface area contributed by atoms with Gasteiger partial charge in [-0.2, -0.15) is 0 Å². The smallest absolute Gasteiger partial charge is 0.254 e. The third-order valence-corrected chi connectivity index (χ3v) is 4.01. The number of benzene rings is 1. The maximum atomic E-state index is 12.3. The van der Waals surface area contributed by atoms with Gasteiger partial charge >= 0.3 is 0 Å². The van der Waals surface area contributed by atoms with Crippen molar-refractivity contribution in [3.63, 3.8) is 0 Å². The van der Waals surface area contributed by atoms with E-state index in [0.717, 1.165) is 6.42 Å². The quantitative estimate of drug-likeness (QED) is 0.782. The first kappa shape index (κ1) is 12.0. The minimum Gasteiger partial charge on any atom is -0.508 e. The molecule has 100 valence electrons. The highest BCUT2D eigenvalue weighted by atomic mass is 16.3. The second-order valence-corrected chi connectivity index (χ2v) is 5.48. The number of hydrogen-bond acceptors (Lipinski definition) is 3. The van der Waals surface area contributed by atoms with Gasteiger partial charge in [0, 0.05) is 37.0 Å². The molecular weight excluding hydrogens is 244 g/mol. The van der Waals surface area contributed by atoms with Gasteiger partial charge < -0.3 is 15.3 Å². The molecule has 2 amide bonds. The molecule has 2 saturated heterocycles. The molecule has 1 aromatic carbocycles. The van der Waals surface area contributed by atoms with E-state index in [-0.39, 0.29) is 23.0 Å². The second-order valence-electron chi connectivity index (χ2n) is 5.48. The molecule has 2 heterocycles. The van der Waals surface area contributed by atoms with Gasteiger partial charge in [-0.1, -0.05) is 6.07 Å². The lowest BCUT2D eigenvalue weighted by Crippen LogP contribution is -2.33. The Morgan fingerprint density at radius 2 is 2.26 bits per heavy atom. The number of aromatic hydroxyl groups is 1. The van der Waals surface area contributed by atoms with Gasteiger partial charge in [-0.15, -0.1) is 0 Å². The number of carbonyl (C=O) groups is 2. The van der Waals surface area contributed by atoms with Crippen molar-refractivity contribution < 1.29 is 14.7 Å². The van der Waals surface area contributed by atoms with Gasteiger partial charge in [-0.3, -0.25) is 9.59 Å². The van der Waals surface area contributed by atoms with Crippen molar-refractivity contribution in [1.82, 2.24) is 10.2 Å². The van der Waals surface area contributed by atoms with E-state index < -0.39 is 0 Å². The Bertz CT molecular complexity index is 543. The Labute approximate surface area is 111 Å². The Morgan fingerprint density at radius 3 is 2.95 bits per heavy atom. The summed E-state index contributed by atoms with van der Waals surface area (Å²) >= 11 is 0. The molecule has 0 bridgehead atoms. The van der Waals surface area contributed by atoms with E-state index in [9.17, 15) is 14.7 Å². The number of nitrogens with zero attached hydrogens (tertiary/aromatic N) is 1. The first-order chi connectivity index (χ1) is 9.08. The molecule has 0 aromatic heterocycles. The van der Waals surface area contributed by atoms with Crippen LogP contribution in [0.2, 0.25) is 0 Å². The molecule has 0 saturated carbocycles. The lowest BCUT2D eigenvalue weighted by Gasteiger charge is -2.21. The van der Waals surface area contributed by atoms with E-state index in [4.69, 9.17) is 0 Å². The Morgan fingerprint density at radius 1 is 1.42 bits per heavy atom. The highest BCUT2D eigenvalue weighted by Crippen LogP contribution is 2.37. The first-order valence-corrected chi connectivity index (χ1v) is 6.43. The normalized spacial score (nSPS) is 25.9. The number of amides is 2. The average molecular weight is 260 g/mol. The number of hydrogen-bond donors (Lipinski definition) is 2. The van der Waals surface area contributed by atoms with E-state index >= 15 is 0 Å². The maximum absolute atomic E-state index is 12.3. The molecule has 2 aliphatic rings. The molecule has 1 atom stereocenters. The lowest BCUT2D eigenvalue weighted by atomic mass is 9.86. The fourth-order valence-electron chi connectivity index (χ4n) is 2.97. The molecule has 5 heteroatoms. The van der Waals surface area contributed by atoms with Gasteiger partial charge in [0.05, 0.1) is 0 Å². The molecule has 2 N–H and O–H groups in total. The molecule has 0 aliphatic carbocycles. The average Bonchev–Trinajstić information content (AvgIpc) is 2.96. The Balaban J connectivity index is 1.74. The van der Waals surface area contributed by atoms with E-state index in [1.165, 1.54) is 6.07 Å². The van der Waals surface area contributed by atoms with Crippen molar-refractivity contribution in [2.75, 3.05) is 19.6 Å². The number of phenolic OH excluding ortho intramolecular Hbond substituents is 1. The fraction of sp³-hybridized carbons (Fsp3) is 0.429. The third kappa shape index (κ3) is 2.16. The van der Waals surface area contributed by atoms with Crippen LogP contribution < -0.4 is 5.32 Å². The van der Waals surface area contributed by atoms with E-state index in [1.54, 1.807) is 23.1 Å². The van der Waals surface area contributed by atoms with Crippen molar-refractivity contribution in [1.29, 1.82) is 0 Å². The SMILES string of the molecule is O=C1CC2(CCN(C(=O)c3cccc(O)c3)C2)CN1. The Kier molecular flexibility index (Phi) is 2.69. The van der Waals surface area contributed by atoms with Crippen LogP contribution in [0, 0.1) is 5.41 Å². The summed E-state index contributed by atoms with van der Waals surface area (Å²) in [5, 5.41) is 12.3. The molecule has 1 unspecified atom stereocenters. The fourth-order valence-corrected chi connectivity index (χ4v) is 2.97. The van der Waals surface area contributed by atoms with Crippen LogP contribution in [0.15, 0.2) is 24.3 Å². The topological polar surface area (TPSA) is 69.6 Å². The van der Waals surface area contributed by atoms with Crippen molar-refractivity contribution in [2.24, 2.45) is 5.41 Å². The molecule has 5 nitrogen and oxygen atoms in total.